The van der Waals surface area contributed by atoms with Gasteiger partial charge in [0.1, 0.15) is 35.0 Å². The van der Waals surface area contributed by atoms with Crippen molar-refractivity contribution in [3.05, 3.63) is 40.9 Å². The van der Waals surface area contributed by atoms with Crippen molar-refractivity contribution in [2.45, 2.75) is 265 Å². The Morgan fingerprint density at radius 3 is 0.874 bits per heavy atom. The molecule has 504 valence electrons. The van der Waals surface area contributed by atoms with Crippen LogP contribution >= 0.6 is 0 Å². The van der Waals surface area contributed by atoms with Gasteiger partial charge < -0.3 is 59.5 Å². The molecule has 0 aromatic heterocycles. The van der Waals surface area contributed by atoms with E-state index < -0.39 is 21.7 Å². The van der Waals surface area contributed by atoms with Crippen molar-refractivity contribution >= 4 is 34.7 Å². The first-order valence-corrected chi connectivity index (χ1v) is 35.2. The van der Waals surface area contributed by atoms with Crippen LogP contribution in [0, 0.1) is 0 Å². The van der Waals surface area contributed by atoms with Gasteiger partial charge in [0.25, 0.3) is 21.7 Å². The minimum absolute atomic E-state index is 0.177. The number of carbonyl (C=O) groups excluding carboxylic acids is 2. The number of rotatable bonds is 66. The molecule has 0 spiro atoms. The van der Waals surface area contributed by atoms with Gasteiger partial charge >= 0.3 is 11.9 Å². The second kappa shape index (κ2) is 54.9. The fourth-order valence-corrected chi connectivity index (χ4v) is 10.5. The fraction of sp³-hybridized carbons (Fsp3) is 0.855. The summed E-state index contributed by atoms with van der Waals surface area (Å²) in [6.45, 7) is 18.6. The van der Waals surface area contributed by atoms with Crippen molar-refractivity contribution in [3.8, 4) is 0 Å². The zero-order valence-electron chi connectivity index (χ0n) is 56.0. The van der Waals surface area contributed by atoms with Crippen molar-refractivity contribution in [2.24, 2.45) is 0 Å². The van der Waals surface area contributed by atoms with Crippen molar-refractivity contribution in [1.29, 1.82) is 0 Å². The van der Waals surface area contributed by atoms with E-state index in [1.807, 2.05) is 0 Å². The van der Waals surface area contributed by atoms with Crippen LogP contribution in [-0.2, 0) is 38.0 Å². The Balaban J connectivity index is 1.54. The van der Waals surface area contributed by atoms with Crippen LogP contribution in [-0.4, -0.2) is 153 Å². The molecule has 2 unspecified atom stereocenters. The number of unbranched alkanes of at least 4 members (excludes halogenated alkanes) is 24. The highest BCUT2D eigenvalue weighted by atomic mass is 16.6. The maximum Gasteiger partial charge on any atom is 0.306 e. The molecule has 18 heteroatoms. The van der Waals surface area contributed by atoms with E-state index in [0.717, 1.165) is 142 Å². The normalized spacial score (nSPS) is 12.4. The lowest BCUT2D eigenvalue weighted by Crippen LogP contribution is -2.39. The highest BCUT2D eigenvalue weighted by molar-refractivity contribution is 5.75. The van der Waals surface area contributed by atoms with Gasteiger partial charge in [-0.25, -0.2) is 0 Å². The molecule has 0 fully saturated rings. The number of ether oxygens (including phenoxy) is 6. The molecule has 4 N–H and O–H groups in total. The molecule has 2 aromatic rings. The predicted molar refractivity (Wildman–Crippen MR) is 359 cm³/mol. The highest BCUT2D eigenvalue weighted by Gasteiger charge is 2.23. The first kappa shape index (κ1) is 79.2. The molecule has 0 aliphatic heterocycles. The Labute approximate surface area is 526 Å². The SMILES string of the molecule is CCCCCCCCOCC(COCCCCCC)OC(=O)CCCCCCCN(C)CCCNc1c(NCCCNc2c(NCCCN(C)CCCCCCCC(=O)OC(COCCCCCC)COCCCCCCCC)c(=O)c2=O)c(=O)c1=O. The van der Waals surface area contributed by atoms with E-state index in [-0.39, 0.29) is 24.1 Å². The maximum atomic E-state index is 12.7. The lowest BCUT2D eigenvalue weighted by molar-refractivity contribution is -0.157. The molecule has 0 aliphatic carbocycles. The maximum absolute atomic E-state index is 12.7. The third-order valence-corrected chi connectivity index (χ3v) is 16.0. The van der Waals surface area contributed by atoms with Crippen molar-refractivity contribution in [1.82, 2.24) is 9.80 Å². The summed E-state index contributed by atoms with van der Waals surface area (Å²) in [5.74, 6) is -0.354. The van der Waals surface area contributed by atoms with E-state index in [1.165, 1.54) is 89.9 Å². The van der Waals surface area contributed by atoms with Crippen LogP contribution in [0.15, 0.2) is 19.2 Å². The van der Waals surface area contributed by atoms with Crippen LogP contribution in [0.3, 0.4) is 0 Å². The second-order valence-corrected chi connectivity index (χ2v) is 24.4. The molecule has 0 aliphatic rings. The second-order valence-electron chi connectivity index (χ2n) is 24.4. The highest BCUT2D eigenvalue weighted by Crippen LogP contribution is 2.18. The monoisotopic (exact) mass is 1230 g/mol. The van der Waals surface area contributed by atoms with E-state index in [0.29, 0.717) is 121 Å². The average Bonchev–Trinajstić information content (AvgIpc) is 0.952. The third-order valence-electron chi connectivity index (χ3n) is 16.0. The Kier molecular flexibility index (Phi) is 50.0. The fourth-order valence-electron chi connectivity index (χ4n) is 10.5. The molecule has 0 radical (unpaired) electrons. The van der Waals surface area contributed by atoms with Gasteiger partial charge in [-0.2, -0.15) is 0 Å². The first-order chi connectivity index (χ1) is 42.5. The molecule has 0 bridgehead atoms. The van der Waals surface area contributed by atoms with Crippen LogP contribution < -0.4 is 43.0 Å². The third kappa shape index (κ3) is 40.4. The van der Waals surface area contributed by atoms with Crippen LogP contribution in [0.25, 0.3) is 0 Å². The van der Waals surface area contributed by atoms with Gasteiger partial charge in [0.15, 0.2) is 0 Å². The molecule has 2 aromatic carbocycles. The van der Waals surface area contributed by atoms with Gasteiger partial charge in [-0.1, -0.05) is 169 Å². The molecular formula is C69H126N6O12. The molecule has 0 saturated heterocycles. The Morgan fingerprint density at radius 2 is 0.563 bits per heavy atom. The zero-order chi connectivity index (χ0) is 63.2. The lowest BCUT2D eigenvalue weighted by Gasteiger charge is -2.19. The van der Waals surface area contributed by atoms with Crippen molar-refractivity contribution < 1.29 is 38.0 Å². The van der Waals surface area contributed by atoms with E-state index in [4.69, 9.17) is 28.4 Å². The largest absolute Gasteiger partial charge is 0.457 e. The Bertz CT molecular complexity index is 1970. The number of carbonyl (C=O) groups is 2. The first-order valence-electron chi connectivity index (χ1n) is 35.2. The Morgan fingerprint density at radius 1 is 0.322 bits per heavy atom. The Hall–Kier alpha value is -3.94. The van der Waals surface area contributed by atoms with Crippen LogP contribution in [0.4, 0.5) is 22.7 Å². The number of hydrogen-bond donors (Lipinski definition) is 4. The molecule has 18 nitrogen and oxygen atoms in total. The molecule has 0 heterocycles. The van der Waals surface area contributed by atoms with E-state index >= 15 is 0 Å². The summed E-state index contributed by atoms with van der Waals surface area (Å²) in [4.78, 5) is 79.7. The molecule has 0 amide bonds. The topological polar surface area (TPSA) is 212 Å². The van der Waals surface area contributed by atoms with E-state index in [2.05, 4.69) is 72.9 Å². The standard InChI is InChI=1S/C69H126N6O12/c1-7-11-15-19-27-35-52-84-56-58(54-82-50-33-17-13-9-3)86-60(76)40-29-23-21-25-31-46-74(5)48-38-44-72-64-62(66(78)68(64)80)70-42-37-43-71-63-65(69(81)67(63)79)73-45-39-49-75(6)47-32-26-22-24-30-41-61(77)87-59(55-83-51-34-18-14-10-4)57-85-53-36-28-20-16-12-8-2/h58-59,70-73H,7-57H2,1-6H3. The van der Waals surface area contributed by atoms with E-state index in [1.54, 1.807) is 0 Å². The minimum Gasteiger partial charge on any atom is -0.457 e. The quantitative estimate of drug-likeness (QED) is 0.0275. The van der Waals surface area contributed by atoms with Crippen molar-refractivity contribution in [2.75, 3.05) is 141 Å². The zero-order valence-corrected chi connectivity index (χ0v) is 56.0. The van der Waals surface area contributed by atoms with Crippen LogP contribution in [0.5, 0.6) is 0 Å². The number of nitrogens with zero attached hydrogens (tertiary/aromatic N) is 2. The van der Waals surface area contributed by atoms with Gasteiger partial charge in [0.2, 0.25) is 0 Å². The molecule has 2 rings (SSSR count). The number of hydrogen-bond acceptors (Lipinski definition) is 18. The average molecular weight is 1230 g/mol. The summed E-state index contributed by atoms with van der Waals surface area (Å²) in [6.07, 6.45) is 35.8. The molecule has 0 saturated carbocycles. The van der Waals surface area contributed by atoms with Gasteiger partial charge in [-0.3, -0.25) is 28.8 Å². The summed E-state index contributed by atoms with van der Waals surface area (Å²) in [7, 11) is 4.18. The number of esters is 2. The summed E-state index contributed by atoms with van der Waals surface area (Å²) < 4.78 is 35.2. The summed E-state index contributed by atoms with van der Waals surface area (Å²) in [5, 5.41) is 12.5. The molecule has 87 heavy (non-hydrogen) atoms. The van der Waals surface area contributed by atoms with Gasteiger partial charge in [0, 0.05) is 65.4 Å². The van der Waals surface area contributed by atoms with Crippen LogP contribution in [0.2, 0.25) is 0 Å². The smallest absolute Gasteiger partial charge is 0.306 e. The summed E-state index contributed by atoms with van der Waals surface area (Å²) >= 11 is 0. The number of nitrogens with one attached hydrogen (secondary N) is 4. The van der Waals surface area contributed by atoms with E-state index in [9.17, 15) is 28.8 Å². The lowest BCUT2D eigenvalue weighted by atomic mass is 10.1. The molecular weight excluding hydrogens is 1100 g/mol. The van der Waals surface area contributed by atoms with Crippen molar-refractivity contribution in [3.63, 3.8) is 0 Å². The van der Waals surface area contributed by atoms with Crippen LogP contribution in [0.1, 0.15) is 252 Å². The number of anilines is 4. The molecule has 2 atom stereocenters. The van der Waals surface area contributed by atoms with Gasteiger partial charge in [-0.05, 0) is 111 Å². The summed E-state index contributed by atoms with van der Waals surface area (Å²) in [5.41, 5.74) is -0.854. The van der Waals surface area contributed by atoms with Gasteiger partial charge in [-0.15, -0.1) is 0 Å². The minimum atomic E-state index is -0.532. The predicted octanol–water partition coefficient (Wildman–Crippen LogP) is 12.7. The summed E-state index contributed by atoms with van der Waals surface area (Å²) in [6, 6.07) is 0. The van der Waals surface area contributed by atoms with Gasteiger partial charge in [0.05, 0.1) is 26.4 Å².